The molecule has 6 nitrogen and oxygen atoms in total. The summed E-state index contributed by atoms with van der Waals surface area (Å²) in [5.41, 5.74) is 6.51. The van der Waals surface area contributed by atoms with Crippen LogP contribution >= 0.6 is 0 Å². The van der Waals surface area contributed by atoms with Gasteiger partial charge in [0.25, 0.3) is 0 Å². The Bertz CT molecular complexity index is 426. The van der Waals surface area contributed by atoms with E-state index in [0.717, 1.165) is 13.1 Å². The number of hydrogen-bond donors (Lipinski definition) is 2. The summed E-state index contributed by atoms with van der Waals surface area (Å²) in [6, 6.07) is 1.02. The molecule has 0 aliphatic heterocycles. The van der Waals surface area contributed by atoms with Crippen LogP contribution in [0.1, 0.15) is 41.5 Å². The lowest BCUT2D eigenvalue weighted by atomic mass is 10.2. The lowest BCUT2D eigenvalue weighted by Gasteiger charge is -2.30. The number of anilines is 2. The van der Waals surface area contributed by atoms with Crippen molar-refractivity contribution < 1.29 is 4.74 Å². The van der Waals surface area contributed by atoms with Gasteiger partial charge in [0.1, 0.15) is 12.0 Å². The van der Waals surface area contributed by atoms with Crippen LogP contribution in [0.3, 0.4) is 0 Å². The molecule has 120 valence electrons. The molecule has 0 radical (unpaired) electrons. The summed E-state index contributed by atoms with van der Waals surface area (Å²) in [6.07, 6.45) is 1.51. The second-order valence-electron chi connectivity index (χ2n) is 5.96. The average Bonchev–Trinajstić information content (AvgIpc) is 2.37. The van der Waals surface area contributed by atoms with E-state index in [2.05, 4.69) is 47.9 Å². The number of nitrogens with zero attached hydrogens (tertiary/aromatic N) is 3. The topological polar surface area (TPSA) is 76.3 Å². The van der Waals surface area contributed by atoms with E-state index in [0.29, 0.717) is 29.5 Å². The van der Waals surface area contributed by atoms with Crippen molar-refractivity contribution >= 4 is 11.5 Å². The van der Waals surface area contributed by atoms with Crippen LogP contribution in [0, 0.1) is 0 Å². The molecule has 0 fully saturated rings. The normalized spacial score (nSPS) is 11.7. The van der Waals surface area contributed by atoms with E-state index in [4.69, 9.17) is 10.5 Å². The van der Waals surface area contributed by atoms with Crippen LogP contribution < -0.4 is 15.8 Å². The Balaban J connectivity index is 2.63. The maximum atomic E-state index is 6.04. The lowest BCUT2D eigenvalue weighted by Crippen LogP contribution is -2.40. The summed E-state index contributed by atoms with van der Waals surface area (Å²) in [5, 5.41) is 3.27. The Morgan fingerprint density at radius 2 is 1.76 bits per heavy atom. The first-order valence-corrected chi connectivity index (χ1v) is 7.59. The number of nitrogens with two attached hydrogens (primary N) is 1. The largest absolute Gasteiger partial charge is 0.473 e. The van der Waals surface area contributed by atoms with E-state index in [1.54, 1.807) is 0 Å². The average molecular weight is 295 g/mol. The van der Waals surface area contributed by atoms with Crippen molar-refractivity contribution in [1.29, 1.82) is 0 Å². The quantitative estimate of drug-likeness (QED) is 0.767. The van der Waals surface area contributed by atoms with Gasteiger partial charge in [-0.3, -0.25) is 4.90 Å². The molecular formula is C15H29N5O. The molecule has 0 aliphatic carbocycles. The molecule has 0 unspecified atom stereocenters. The molecule has 3 N–H and O–H groups in total. The highest BCUT2D eigenvalue weighted by Gasteiger charge is 2.14. The Labute approximate surface area is 128 Å². The third kappa shape index (κ3) is 5.38. The summed E-state index contributed by atoms with van der Waals surface area (Å²) in [7, 11) is 0. The van der Waals surface area contributed by atoms with E-state index in [-0.39, 0.29) is 6.10 Å². The third-order valence-corrected chi connectivity index (χ3v) is 3.18. The fraction of sp³-hybridized carbons (Fsp3) is 0.733. The minimum absolute atomic E-state index is 0.0347. The van der Waals surface area contributed by atoms with E-state index in [1.807, 2.05) is 13.8 Å². The zero-order valence-electron chi connectivity index (χ0n) is 14.1. The molecule has 0 atom stereocenters. The fourth-order valence-corrected chi connectivity index (χ4v) is 2.25. The van der Waals surface area contributed by atoms with Crippen LogP contribution in [0.2, 0.25) is 0 Å². The first-order chi connectivity index (χ1) is 9.82. The van der Waals surface area contributed by atoms with E-state index >= 15 is 0 Å². The lowest BCUT2D eigenvalue weighted by molar-refractivity contribution is 0.182. The summed E-state index contributed by atoms with van der Waals surface area (Å²) in [6.45, 7) is 14.4. The van der Waals surface area contributed by atoms with Crippen LogP contribution in [0.4, 0.5) is 11.5 Å². The second kappa shape index (κ2) is 8.02. The second-order valence-corrected chi connectivity index (χ2v) is 5.96. The van der Waals surface area contributed by atoms with Gasteiger partial charge in [-0.15, -0.1) is 0 Å². The van der Waals surface area contributed by atoms with Crippen molar-refractivity contribution in [3.63, 3.8) is 0 Å². The molecule has 0 saturated carbocycles. The monoisotopic (exact) mass is 295 g/mol. The summed E-state index contributed by atoms with van der Waals surface area (Å²) in [5.74, 6) is 1.07. The van der Waals surface area contributed by atoms with Crippen LogP contribution in [0.5, 0.6) is 5.88 Å². The molecule has 1 aromatic rings. The van der Waals surface area contributed by atoms with Crippen LogP contribution in [-0.2, 0) is 0 Å². The number of nitrogens with one attached hydrogen (secondary N) is 1. The molecule has 1 aromatic heterocycles. The van der Waals surface area contributed by atoms with Gasteiger partial charge in [0.05, 0.1) is 6.10 Å². The first kappa shape index (κ1) is 17.5. The van der Waals surface area contributed by atoms with Gasteiger partial charge in [-0.2, -0.15) is 4.98 Å². The predicted octanol–water partition coefficient (Wildman–Crippen LogP) is 2.38. The van der Waals surface area contributed by atoms with Gasteiger partial charge in [0.15, 0.2) is 5.82 Å². The van der Waals surface area contributed by atoms with Gasteiger partial charge in [-0.25, -0.2) is 4.98 Å². The van der Waals surface area contributed by atoms with E-state index < -0.39 is 0 Å². The molecule has 0 bridgehead atoms. The zero-order chi connectivity index (χ0) is 16.0. The van der Waals surface area contributed by atoms with Gasteiger partial charge >= 0.3 is 0 Å². The maximum absolute atomic E-state index is 6.04. The van der Waals surface area contributed by atoms with Crippen molar-refractivity contribution in [2.45, 2.75) is 59.7 Å². The molecule has 0 aliphatic rings. The molecule has 21 heavy (non-hydrogen) atoms. The van der Waals surface area contributed by atoms with Crippen molar-refractivity contribution in [1.82, 2.24) is 14.9 Å². The van der Waals surface area contributed by atoms with Crippen LogP contribution in [-0.4, -0.2) is 46.1 Å². The van der Waals surface area contributed by atoms with Crippen molar-refractivity contribution in [2.75, 3.05) is 24.1 Å². The third-order valence-electron chi connectivity index (χ3n) is 3.18. The highest BCUT2D eigenvalue weighted by Crippen LogP contribution is 2.25. The standard InChI is InChI=1S/C15H29N5O/c1-10(2)20(11(3)4)8-7-17-14-13(16)15(19-9-18-14)21-12(5)6/h9-12H,7-8,16H2,1-6H3,(H,17,18,19). The Morgan fingerprint density at radius 3 is 2.29 bits per heavy atom. The number of rotatable bonds is 8. The minimum atomic E-state index is 0.0347. The molecule has 0 saturated heterocycles. The SMILES string of the molecule is CC(C)Oc1ncnc(NCCN(C(C)C)C(C)C)c1N. The highest BCUT2D eigenvalue weighted by atomic mass is 16.5. The Hall–Kier alpha value is -1.56. The Kier molecular flexibility index (Phi) is 6.68. The number of aromatic nitrogens is 2. The molecule has 1 rings (SSSR count). The van der Waals surface area contributed by atoms with Crippen LogP contribution in [0.25, 0.3) is 0 Å². The maximum Gasteiger partial charge on any atom is 0.242 e. The van der Waals surface area contributed by atoms with E-state index in [1.165, 1.54) is 6.33 Å². The molecule has 6 heteroatoms. The van der Waals surface area contributed by atoms with E-state index in [9.17, 15) is 0 Å². The number of ether oxygens (including phenoxy) is 1. The van der Waals surface area contributed by atoms with Gasteiger partial charge in [0.2, 0.25) is 5.88 Å². The molecule has 0 aromatic carbocycles. The smallest absolute Gasteiger partial charge is 0.242 e. The molecule has 1 heterocycles. The van der Waals surface area contributed by atoms with Crippen molar-refractivity contribution in [3.05, 3.63) is 6.33 Å². The highest BCUT2D eigenvalue weighted by molar-refractivity contribution is 5.66. The Morgan fingerprint density at radius 1 is 1.14 bits per heavy atom. The van der Waals surface area contributed by atoms with Gasteiger partial charge in [0, 0.05) is 25.2 Å². The number of nitrogen functional groups attached to an aromatic ring is 1. The van der Waals surface area contributed by atoms with Gasteiger partial charge in [-0.1, -0.05) is 0 Å². The predicted molar refractivity (Wildman–Crippen MR) is 87.7 cm³/mol. The summed E-state index contributed by atoms with van der Waals surface area (Å²) < 4.78 is 5.56. The number of hydrogen-bond acceptors (Lipinski definition) is 6. The summed E-state index contributed by atoms with van der Waals surface area (Å²) in [4.78, 5) is 10.7. The molecule has 0 amide bonds. The zero-order valence-corrected chi connectivity index (χ0v) is 14.1. The van der Waals surface area contributed by atoms with Crippen molar-refractivity contribution in [2.24, 2.45) is 0 Å². The van der Waals surface area contributed by atoms with Gasteiger partial charge in [-0.05, 0) is 41.5 Å². The van der Waals surface area contributed by atoms with Gasteiger partial charge < -0.3 is 15.8 Å². The first-order valence-electron chi connectivity index (χ1n) is 7.59. The molecule has 0 spiro atoms. The molecular weight excluding hydrogens is 266 g/mol. The van der Waals surface area contributed by atoms with Crippen molar-refractivity contribution in [3.8, 4) is 5.88 Å². The fourth-order valence-electron chi connectivity index (χ4n) is 2.25. The minimum Gasteiger partial charge on any atom is -0.473 e. The summed E-state index contributed by atoms with van der Waals surface area (Å²) >= 11 is 0. The van der Waals surface area contributed by atoms with Crippen LogP contribution in [0.15, 0.2) is 6.33 Å².